The Bertz CT molecular complexity index is 261. The highest BCUT2D eigenvalue weighted by molar-refractivity contribution is 6.01. The van der Waals surface area contributed by atoms with Crippen LogP contribution in [-0.4, -0.2) is 17.2 Å². The van der Waals surface area contributed by atoms with Crippen LogP contribution < -0.4 is 0 Å². The molecule has 1 heterocycles. The van der Waals surface area contributed by atoms with E-state index in [9.17, 15) is 9.59 Å². The Morgan fingerprint density at radius 2 is 2.17 bits per heavy atom. The van der Waals surface area contributed by atoms with E-state index in [0.29, 0.717) is 6.42 Å². The molecule has 0 N–H and O–H groups in total. The molecule has 0 fully saturated rings. The zero-order valence-corrected chi connectivity index (χ0v) is 7.51. The first-order chi connectivity index (χ1) is 5.41. The Labute approximate surface area is 71.4 Å². The molecule has 0 spiro atoms. The Morgan fingerprint density at radius 3 is 2.58 bits per heavy atom. The van der Waals surface area contributed by atoms with Gasteiger partial charge in [0.2, 0.25) is 0 Å². The summed E-state index contributed by atoms with van der Waals surface area (Å²) in [6.07, 6.45) is 1.61. The van der Waals surface area contributed by atoms with Crippen LogP contribution in [0.3, 0.4) is 0 Å². The summed E-state index contributed by atoms with van der Waals surface area (Å²) in [5.74, 6) is -0.0659. The van der Waals surface area contributed by atoms with Gasteiger partial charge in [0.05, 0.1) is 0 Å². The van der Waals surface area contributed by atoms with Crippen molar-refractivity contribution in [1.29, 1.82) is 0 Å². The highest BCUT2D eigenvalue weighted by Gasteiger charge is 2.30. The smallest absolute Gasteiger partial charge is 0.194 e. The first-order valence-electron chi connectivity index (χ1n) is 3.85. The molecule has 0 radical (unpaired) electrons. The number of allylic oxidation sites excluding steroid dienone is 2. The van der Waals surface area contributed by atoms with Crippen molar-refractivity contribution in [3.63, 3.8) is 0 Å². The molecule has 0 bridgehead atoms. The quantitative estimate of drug-likeness (QED) is 0.591. The van der Waals surface area contributed by atoms with Crippen molar-refractivity contribution in [2.75, 3.05) is 0 Å². The van der Waals surface area contributed by atoms with Gasteiger partial charge < -0.3 is 4.74 Å². The second-order valence-electron chi connectivity index (χ2n) is 3.57. The highest BCUT2D eigenvalue weighted by Crippen LogP contribution is 2.24. The lowest BCUT2D eigenvalue weighted by molar-refractivity contribution is -0.128. The molecular formula is C9H12O3. The van der Waals surface area contributed by atoms with E-state index >= 15 is 0 Å². The third-order valence-corrected chi connectivity index (χ3v) is 1.63. The van der Waals surface area contributed by atoms with Crippen molar-refractivity contribution in [3.8, 4) is 0 Å². The van der Waals surface area contributed by atoms with Crippen LogP contribution in [0.2, 0.25) is 0 Å². The predicted molar refractivity (Wildman–Crippen MR) is 43.6 cm³/mol. The molecule has 3 nitrogen and oxygen atoms in total. The van der Waals surface area contributed by atoms with Crippen molar-refractivity contribution in [3.05, 3.63) is 11.8 Å². The highest BCUT2D eigenvalue weighted by atomic mass is 16.5. The molecule has 66 valence electrons. The fourth-order valence-electron chi connectivity index (χ4n) is 1.15. The van der Waals surface area contributed by atoms with Gasteiger partial charge in [-0.05, 0) is 13.8 Å². The molecule has 1 aliphatic rings. The van der Waals surface area contributed by atoms with Gasteiger partial charge >= 0.3 is 0 Å². The molecule has 0 amide bonds. The first-order valence-corrected chi connectivity index (χ1v) is 3.85. The Hall–Kier alpha value is -1.12. The second-order valence-corrected chi connectivity index (χ2v) is 3.57. The molecule has 0 aromatic heterocycles. The van der Waals surface area contributed by atoms with Crippen LogP contribution >= 0.6 is 0 Å². The average Bonchev–Trinajstić information content (AvgIpc) is 1.82. The lowest BCUT2D eigenvalue weighted by atomic mass is 9.98. The fraction of sp³-hybridized carbons (Fsp3) is 0.556. The normalized spacial score (nSPS) is 21.2. The van der Waals surface area contributed by atoms with Crippen LogP contribution in [0.15, 0.2) is 11.8 Å². The molecule has 0 atom stereocenters. The Morgan fingerprint density at radius 1 is 1.58 bits per heavy atom. The van der Waals surface area contributed by atoms with Gasteiger partial charge in [0, 0.05) is 19.4 Å². The summed E-state index contributed by atoms with van der Waals surface area (Å²) in [6.45, 7) is 4.97. The van der Waals surface area contributed by atoms with Gasteiger partial charge in [0.1, 0.15) is 5.60 Å². The van der Waals surface area contributed by atoms with Gasteiger partial charge in [-0.2, -0.15) is 0 Å². The van der Waals surface area contributed by atoms with E-state index in [1.807, 2.05) is 0 Å². The van der Waals surface area contributed by atoms with Crippen molar-refractivity contribution < 1.29 is 14.3 Å². The van der Waals surface area contributed by atoms with Crippen molar-refractivity contribution >= 4 is 11.6 Å². The lowest BCUT2D eigenvalue weighted by Crippen LogP contribution is -2.32. The monoisotopic (exact) mass is 168 g/mol. The van der Waals surface area contributed by atoms with Crippen molar-refractivity contribution in [1.82, 2.24) is 0 Å². The minimum atomic E-state index is -0.535. The summed E-state index contributed by atoms with van der Waals surface area (Å²) >= 11 is 0. The summed E-state index contributed by atoms with van der Waals surface area (Å²) in [5, 5.41) is 0. The third kappa shape index (κ3) is 1.94. The van der Waals surface area contributed by atoms with E-state index in [0.717, 1.165) is 0 Å². The minimum absolute atomic E-state index is 0.0450. The van der Waals surface area contributed by atoms with Gasteiger partial charge in [-0.25, -0.2) is 0 Å². The molecule has 0 unspecified atom stereocenters. The molecule has 3 heteroatoms. The zero-order chi connectivity index (χ0) is 9.35. The van der Waals surface area contributed by atoms with Gasteiger partial charge in [-0.15, -0.1) is 0 Å². The van der Waals surface area contributed by atoms with E-state index in [4.69, 9.17) is 4.74 Å². The number of Topliss-reactive ketones (excluding diaryl/α,β-unsaturated/α-hetero) is 1. The van der Waals surface area contributed by atoms with E-state index in [2.05, 4.69) is 0 Å². The van der Waals surface area contributed by atoms with E-state index < -0.39 is 5.60 Å². The van der Waals surface area contributed by atoms with Gasteiger partial charge in [0.15, 0.2) is 17.3 Å². The predicted octanol–water partition coefficient (Wildman–Crippen LogP) is 1.23. The molecule has 0 aromatic rings. The standard InChI is InChI=1S/C9H12O3/c1-6(10)8-4-7(11)5-9(2,3)12-8/h4H,5H2,1-3H3. The summed E-state index contributed by atoms with van der Waals surface area (Å²) in [7, 11) is 0. The molecule has 0 aliphatic carbocycles. The van der Waals surface area contributed by atoms with E-state index in [1.165, 1.54) is 13.0 Å². The van der Waals surface area contributed by atoms with Gasteiger partial charge in [-0.1, -0.05) is 0 Å². The van der Waals surface area contributed by atoms with Crippen LogP contribution in [-0.2, 0) is 14.3 Å². The average molecular weight is 168 g/mol. The van der Waals surface area contributed by atoms with E-state index in [1.54, 1.807) is 13.8 Å². The molecule has 1 aliphatic heterocycles. The second kappa shape index (κ2) is 2.73. The summed E-state index contributed by atoms with van der Waals surface area (Å²) in [6, 6.07) is 0. The molecular weight excluding hydrogens is 156 g/mol. The maximum absolute atomic E-state index is 11.1. The molecule has 0 saturated heterocycles. The van der Waals surface area contributed by atoms with Crippen LogP contribution in [0.1, 0.15) is 27.2 Å². The number of hydrogen-bond donors (Lipinski definition) is 0. The molecule has 0 saturated carbocycles. The summed E-state index contributed by atoms with van der Waals surface area (Å²) in [4.78, 5) is 22.0. The summed E-state index contributed by atoms with van der Waals surface area (Å²) < 4.78 is 5.30. The number of carbonyl (C=O) groups is 2. The zero-order valence-electron chi connectivity index (χ0n) is 7.51. The van der Waals surface area contributed by atoms with Crippen LogP contribution in [0.25, 0.3) is 0 Å². The van der Waals surface area contributed by atoms with Crippen LogP contribution in [0.4, 0.5) is 0 Å². The lowest BCUT2D eigenvalue weighted by Gasteiger charge is -2.29. The topological polar surface area (TPSA) is 43.4 Å². The van der Waals surface area contributed by atoms with Crippen LogP contribution in [0.5, 0.6) is 0 Å². The maximum Gasteiger partial charge on any atom is 0.194 e. The number of rotatable bonds is 1. The van der Waals surface area contributed by atoms with Crippen molar-refractivity contribution in [2.45, 2.75) is 32.8 Å². The molecule has 0 aromatic carbocycles. The molecule has 12 heavy (non-hydrogen) atoms. The van der Waals surface area contributed by atoms with Crippen molar-refractivity contribution in [2.24, 2.45) is 0 Å². The van der Waals surface area contributed by atoms with E-state index in [-0.39, 0.29) is 17.3 Å². The fourth-order valence-corrected chi connectivity index (χ4v) is 1.15. The largest absolute Gasteiger partial charge is 0.484 e. The first kappa shape index (κ1) is 8.97. The van der Waals surface area contributed by atoms with Crippen LogP contribution in [0, 0.1) is 0 Å². The third-order valence-electron chi connectivity index (χ3n) is 1.63. The maximum atomic E-state index is 11.1. The SMILES string of the molecule is CC(=O)C1=CC(=O)CC(C)(C)O1. The number of carbonyl (C=O) groups excluding carboxylic acids is 2. The molecule has 1 rings (SSSR count). The van der Waals surface area contributed by atoms with Gasteiger partial charge in [0.25, 0.3) is 0 Å². The number of ketones is 2. The Balaban J connectivity index is 2.91. The van der Waals surface area contributed by atoms with Gasteiger partial charge in [-0.3, -0.25) is 9.59 Å². The minimum Gasteiger partial charge on any atom is -0.484 e. The number of hydrogen-bond acceptors (Lipinski definition) is 3. The number of ether oxygens (including phenoxy) is 1. The summed E-state index contributed by atoms with van der Waals surface area (Å²) in [5.41, 5.74) is -0.535. The Kier molecular flexibility index (Phi) is 2.04.